The molecule has 0 spiro atoms. The Kier molecular flexibility index (Phi) is 4.42. The van der Waals surface area contributed by atoms with Crippen molar-refractivity contribution in [3.05, 3.63) is 58.3 Å². The minimum Gasteiger partial charge on any atom is -0.479 e. The van der Waals surface area contributed by atoms with E-state index in [-0.39, 0.29) is 12.4 Å². The summed E-state index contributed by atoms with van der Waals surface area (Å²) in [5, 5.41) is 10.7. The van der Waals surface area contributed by atoms with Gasteiger partial charge in [-0.15, -0.1) is 11.3 Å². The van der Waals surface area contributed by atoms with Gasteiger partial charge >= 0.3 is 0 Å². The SMILES string of the molecule is N#CCOc1ccc(C(=O)/C=C/c2c(Cl)nc3sccn23)cc1. The maximum absolute atomic E-state index is 12.2. The zero-order chi connectivity index (χ0) is 16.2. The summed E-state index contributed by atoms with van der Waals surface area (Å²) in [5.74, 6) is 0.393. The summed E-state index contributed by atoms with van der Waals surface area (Å²) in [5.41, 5.74) is 1.19. The van der Waals surface area contributed by atoms with E-state index in [0.717, 1.165) is 4.96 Å². The number of ether oxygens (including phenoxy) is 1. The van der Waals surface area contributed by atoms with Gasteiger partial charge in [-0.1, -0.05) is 11.6 Å². The Morgan fingerprint density at radius 2 is 2.22 bits per heavy atom. The standard InChI is InChI=1S/C16H10ClN3O2S/c17-15-13(20-8-10-23-16(20)19-15)5-6-14(21)11-1-3-12(4-2-11)22-9-7-18/h1-6,8,10H,9H2/b6-5+. The lowest BCUT2D eigenvalue weighted by Crippen LogP contribution is -1.96. The molecule has 0 aliphatic rings. The number of thiazole rings is 1. The van der Waals surface area contributed by atoms with Crippen molar-refractivity contribution in [2.75, 3.05) is 6.61 Å². The molecule has 114 valence electrons. The second-order valence-corrected chi connectivity index (χ2v) is 5.74. The largest absolute Gasteiger partial charge is 0.479 e. The first-order chi connectivity index (χ1) is 11.2. The van der Waals surface area contributed by atoms with Crippen molar-refractivity contribution in [2.24, 2.45) is 0 Å². The van der Waals surface area contributed by atoms with Crippen LogP contribution >= 0.6 is 22.9 Å². The van der Waals surface area contributed by atoms with Crippen LogP contribution in [-0.4, -0.2) is 21.8 Å². The summed E-state index contributed by atoms with van der Waals surface area (Å²) in [6.07, 6.45) is 4.96. The number of halogens is 1. The molecule has 23 heavy (non-hydrogen) atoms. The van der Waals surface area contributed by atoms with E-state index >= 15 is 0 Å². The first-order valence-electron chi connectivity index (χ1n) is 6.62. The Bertz CT molecular complexity index is 919. The van der Waals surface area contributed by atoms with Crippen molar-refractivity contribution in [3.8, 4) is 11.8 Å². The Balaban J connectivity index is 1.77. The molecule has 3 rings (SSSR count). The maximum Gasteiger partial charge on any atom is 0.195 e. The van der Waals surface area contributed by atoms with Gasteiger partial charge in [0.25, 0.3) is 0 Å². The van der Waals surface area contributed by atoms with Gasteiger partial charge in [-0.05, 0) is 36.4 Å². The normalized spacial score (nSPS) is 11.0. The van der Waals surface area contributed by atoms with Gasteiger partial charge in [0.2, 0.25) is 0 Å². The Hall–Kier alpha value is -2.62. The van der Waals surface area contributed by atoms with E-state index in [4.69, 9.17) is 21.6 Å². The molecule has 2 aromatic heterocycles. The lowest BCUT2D eigenvalue weighted by atomic mass is 10.1. The fourth-order valence-electron chi connectivity index (χ4n) is 2.01. The van der Waals surface area contributed by atoms with Crippen LogP contribution in [0.3, 0.4) is 0 Å². The van der Waals surface area contributed by atoms with Gasteiger partial charge in [0, 0.05) is 17.1 Å². The molecule has 0 saturated carbocycles. The smallest absolute Gasteiger partial charge is 0.195 e. The lowest BCUT2D eigenvalue weighted by Gasteiger charge is -2.01. The van der Waals surface area contributed by atoms with Crippen LogP contribution in [0, 0.1) is 11.3 Å². The number of rotatable bonds is 5. The number of nitriles is 1. The van der Waals surface area contributed by atoms with E-state index in [1.54, 1.807) is 30.3 Å². The predicted octanol–water partition coefficient (Wildman–Crippen LogP) is 3.85. The molecule has 3 aromatic rings. The number of carbonyl (C=O) groups excluding carboxylic acids is 1. The van der Waals surface area contributed by atoms with Crippen molar-refractivity contribution < 1.29 is 9.53 Å². The third-order valence-electron chi connectivity index (χ3n) is 3.09. The average molecular weight is 344 g/mol. The quantitative estimate of drug-likeness (QED) is 0.521. The van der Waals surface area contributed by atoms with E-state index in [1.807, 2.05) is 22.0 Å². The van der Waals surface area contributed by atoms with Crippen LogP contribution in [0.1, 0.15) is 16.1 Å². The number of allylic oxidation sites excluding steroid dienone is 1. The van der Waals surface area contributed by atoms with Gasteiger partial charge in [-0.2, -0.15) is 5.26 Å². The number of carbonyl (C=O) groups is 1. The molecule has 2 heterocycles. The summed E-state index contributed by atoms with van der Waals surface area (Å²) in [7, 11) is 0. The molecule has 0 aliphatic carbocycles. The van der Waals surface area contributed by atoms with Gasteiger partial charge in [0.15, 0.2) is 22.5 Å². The van der Waals surface area contributed by atoms with Crippen LogP contribution in [-0.2, 0) is 0 Å². The number of benzene rings is 1. The Morgan fingerprint density at radius 1 is 1.43 bits per heavy atom. The maximum atomic E-state index is 12.2. The van der Waals surface area contributed by atoms with E-state index in [9.17, 15) is 4.79 Å². The molecule has 5 nitrogen and oxygen atoms in total. The summed E-state index contributed by atoms with van der Waals surface area (Å²) in [6, 6.07) is 8.50. The zero-order valence-corrected chi connectivity index (χ0v) is 13.3. The molecule has 0 atom stereocenters. The van der Waals surface area contributed by atoms with Gasteiger partial charge < -0.3 is 4.74 Å². The van der Waals surface area contributed by atoms with Crippen LogP contribution < -0.4 is 4.74 Å². The van der Waals surface area contributed by atoms with Gasteiger partial charge in [-0.3, -0.25) is 9.20 Å². The second-order valence-electron chi connectivity index (χ2n) is 4.51. The lowest BCUT2D eigenvalue weighted by molar-refractivity contribution is 0.104. The topological polar surface area (TPSA) is 67.4 Å². The highest BCUT2D eigenvalue weighted by atomic mass is 35.5. The monoisotopic (exact) mass is 343 g/mol. The molecule has 0 N–H and O–H groups in total. The molecule has 7 heteroatoms. The number of ketones is 1. The van der Waals surface area contributed by atoms with Crippen molar-refractivity contribution in [2.45, 2.75) is 0 Å². The first kappa shape index (κ1) is 15.3. The molecular weight excluding hydrogens is 334 g/mol. The van der Waals surface area contributed by atoms with Crippen LogP contribution in [0.4, 0.5) is 0 Å². The zero-order valence-electron chi connectivity index (χ0n) is 11.8. The highest BCUT2D eigenvalue weighted by molar-refractivity contribution is 7.15. The number of hydrogen-bond acceptors (Lipinski definition) is 5. The van der Waals surface area contributed by atoms with Gasteiger partial charge in [0.05, 0.1) is 5.69 Å². The first-order valence-corrected chi connectivity index (χ1v) is 7.88. The number of aromatic nitrogens is 2. The summed E-state index contributed by atoms with van der Waals surface area (Å²) < 4.78 is 6.97. The average Bonchev–Trinajstić information content (AvgIpc) is 3.12. The number of nitrogens with zero attached hydrogens (tertiary/aromatic N) is 3. The molecule has 0 fully saturated rings. The third-order valence-corrected chi connectivity index (χ3v) is 4.12. The third kappa shape index (κ3) is 3.26. The van der Waals surface area contributed by atoms with E-state index in [0.29, 0.717) is 22.2 Å². The van der Waals surface area contributed by atoms with E-state index in [2.05, 4.69) is 4.98 Å². The minimum absolute atomic E-state index is 0.0243. The van der Waals surface area contributed by atoms with Crippen molar-refractivity contribution >= 4 is 39.8 Å². The van der Waals surface area contributed by atoms with E-state index < -0.39 is 0 Å². The molecule has 0 saturated heterocycles. The fraction of sp³-hybridized carbons (Fsp3) is 0.0625. The number of hydrogen-bond donors (Lipinski definition) is 0. The highest BCUT2D eigenvalue weighted by Crippen LogP contribution is 2.22. The summed E-state index contributed by atoms with van der Waals surface area (Å²) in [6.45, 7) is -0.0243. The molecular formula is C16H10ClN3O2S. The minimum atomic E-state index is -0.155. The Labute approximate surface area is 141 Å². The second kappa shape index (κ2) is 6.65. The predicted molar refractivity (Wildman–Crippen MR) is 89.0 cm³/mol. The van der Waals surface area contributed by atoms with Crippen molar-refractivity contribution in [1.29, 1.82) is 5.26 Å². The molecule has 0 amide bonds. The molecule has 0 aliphatic heterocycles. The fourth-order valence-corrected chi connectivity index (χ4v) is 3.01. The van der Waals surface area contributed by atoms with Crippen LogP contribution in [0.5, 0.6) is 5.75 Å². The summed E-state index contributed by atoms with van der Waals surface area (Å²) >= 11 is 7.55. The van der Waals surface area contributed by atoms with Crippen molar-refractivity contribution in [3.63, 3.8) is 0 Å². The molecule has 0 bridgehead atoms. The molecule has 1 aromatic carbocycles. The number of imidazole rings is 1. The van der Waals surface area contributed by atoms with Crippen LogP contribution in [0.2, 0.25) is 5.15 Å². The number of fused-ring (bicyclic) bond motifs is 1. The van der Waals surface area contributed by atoms with Crippen molar-refractivity contribution in [1.82, 2.24) is 9.38 Å². The van der Waals surface area contributed by atoms with Crippen LogP contribution in [0.15, 0.2) is 41.9 Å². The van der Waals surface area contributed by atoms with Crippen LogP contribution in [0.25, 0.3) is 11.0 Å². The van der Waals surface area contributed by atoms with Gasteiger partial charge in [0.1, 0.15) is 11.8 Å². The van der Waals surface area contributed by atoms with E-state index in [1.165, 1.54) is 17.4 Å². The molecule has 0 unspecified atom stereocenters. The van der Waals surface area contributed by atoms with Gasteiger partial charge in [-0.25, -0.2) is 4.98 Å². The Morgan fingerprint density at radius 3 is 2.96 bits per heavy atom. The summed E-state index contributed by atoms with van der Waals surface area (Å²) in [4.78, 5) is 17.2. The highest BCUT2D eigenvalue weighted by Gasteiger charge is 2.09. The molecule has 0 radical (unpaired) electrons.